The summed E-state index contributed by atoms with van der Waals surface area (Å²) < 4.78 is 0. The molecule has 0 amide bonds. The SMILES string of the molecule is Cc1cc(-c2cccc(-c3cnccn3)c2C)cs1. The first kappa shape index (κ1) is 12.1. The summed E-state index contributed by atoms with van der Waals surface area (Å²) >= 11 is 1.78. The van der Waals surface area contributed by atoms with Crippen LogP contribution >= 0.6 is 11.3 Å². The second-order valence-corrected chi connectivity index (χ2v) is 5.63. The third-order valence-electron chi connectivity index (χ3n) is 3.21. The second kappa shape index (κ2) is 4.94. The Morgan fingerprint density at radius 3 is 2.58 bits per heavy atom. The number of rotatable bonds is 2. The summed E-state index contributed by atoms with van der Waals surface area (Å²) in [5, 5.41) is 2.21. The summed E-state index contributed by atoms with van der Waals surface area (Å²) in [6, 6.07) is 8.57. The van der Waals surface area contributed by atoms with Gasteiger partial charge in [-0.2, -0.15) is 0 Å². The van der Waals surface area contributed by atoms with Gasteiger partial charge in [-0.05, 0) is 42.0 Å². The molecule has 0 atom stereocenters. The quantitative estimate of drug-likeness (QED) is 0.683. The lowest BCUT2D eigenvalue weighted by molar-refractivity contribution is 1.20. The van der Waals surface area contributed by atoms with Gasteiger partial charge in [0.15, 0.2) is 0 Å². The molecule has 0 spiro atoms. The summed E-state index contributed by atoms with van der Waals surface area (Å²) in [5.41, 5.74) is 5.88. The number of thiophene rings is 1. The van der Waals surface area contributed by atoms with Crippen molar-refractivity contribution in [2.45, 2.75) is 13.8 Å². The Balaban J connectivity index is 2.14. The molecule has 0 fully saturated rings. The van der Waals surface area contributed by atoms with Gasteiger partial charge in [0.2, 0.25) is 0 Å². The average molecular weight is 266 g/mol. The molecule has 0 aliphatic carbocycles. The van der Waals surface area contributed by atoms with Gasteiger partial charge in [0.25, 0.3) is 0 Å². The predicted octanol–water partition coefficient (Wildman–Crippen LogP) is 4.49. The number of aromatic nitrogens is 2. The minimum atomic E-state index is 0.925. The van der Waals surface area contributed by atoms with Gasteiger partial charge in [0, 0.05) is 22.8 Å². The van der Waals surface area contributed by atoms with Crippen LogP contribution in [0.5, 0.6) is 0 Å². The Morgan fingerprint density at radius 2 is 1.89 bits per heavy atom. The monoisotopic (exact) mass is 266 g/mol. The number of nitrogens with zero attached hydrogens (tertiary/aromatic N) is 2. The van der Waals surface area contributed by atoms with Crippen molar-refractivity contribution < 1.29 is 0 Å². The molecule has 94 valence electrons. The Hall–Kier alpha value is -2.00. The van der Waals surface area contributed by atoms with Crippen LogP contribution in [0.2, 0.25) is 0 Å². The summed E-state index contributed by atoms with van der Waals surface area (Å²) in [7, 11) is 0. The number of hydrogen-bond donors (Lipinski definition) is 0. The zero-order valence-electron chi connectivity index (χ0n) is 10.9. The molecule has 0 N–H and O–H groups in total. The lowest BCUT2D eigenvalue weighted by Gasteiger charge is -2.09. The smallest absolute Gasteiger partial charge is 0.0888 e. The molecule has 3 rings (SSSR count). The number of hydrogen-bond acceptors (Lipinski definition) is 3. The Kier molecular flexibility index (Phi) is 3.13. The van der Waals surface area contributed by atoms with E-state index in [0.29, 0.717) is 0 Å². The zero-order valence-corrected chi connectivity index (χ0v) is 11.7. The first-order valence-corrected chi connectivity index (χ1v) is 7.05. The Labute approximate surface area is 116 Å². The van der Waals surface area contributed by atoms with Crippen LogP contribution in [0.4, 0.5) is 0 Å². The van der Waals surface area contributed by atoms with Gasteiger partial charge in [-0.15, -0.1) is 11.3 Å². The molecule has 0 radical (unpaired) electrons. The molecule has 0 saturated carbocycles. The second-order valence-electron chi connectivity index (χ2n) is 4.51. The summed E-state index contributed by atoms with van der Waals surface area (Å²) in [6.07, 6.45) is 5.24. The van der Waals surface area contributed by atoms with E-state index in [4.69, 9.17) is 0 Å². The molecule has 3 heteroatoms. The molecular formula is C16H14N2S. The van der Waals surface area contributed by atoms with Crippen LogP contribution in [-0.2, 0) is 0 Å². The van der Waals surface area contributed by atoms with E-state index in [1.807, 2.05) is 6.20 Å². The molecule has 2 aromatic heterocycles. The normalized spacial score (nSPS) is 10.6. The standard InChI is InChI=1S/C16H14N2S/c1-11-8-13(10-19-11)14-4-3-5-15(12(14)2)16-9-17-6-7-18-16/h3-10H,1-2H3. The summed E-state index contributed by atoms with van der Waals surface area (Å²) in [6.45, 7) is 4.28. The van der Waals surface area contributed by atoms with Crippen molar-refractivity contribution in [1.82, 2.24) is 9.97 Å². The van der Waals surface area contributed by atoms with E-state index in [0.717, 1.165) is 11.3 Å². The summed E-state index contributed by atoms with van der Waals surface area (Å²) in [5.74, 6) is 0. The molecule has 1 aromatic carbocycles. The molecule has 0 aliphatic rings. The van der Waals surface area contributed by atoms with E-state index in [1.165, 1.54) is 21.6 Å². The lowest BCUT2D eigenvalue weighted by atomic mass is 9.96. The van der Waals surface area contributed by atoms with Crippen molar-refractivity contribution in [1.29, 1.82) is 0 Å². The molecule has 0 saturated heterocycles. The molecule has 2 heterocycles. The maximum absolute atomic E-state index is 4.39. The predicted molar refractivity (Wildman–Crippen MR) is 80.3 cm³/mol. The highest BCUT2D eigenvalue weighted by Crippen LogP contribution is 2.32. The van der Waals surface area contributed by atoms with Gasteiger partial charge in [-0.25, -0.2) is 0 Å². The highest BCUT2D eigenvalue weighted by molar-refractivity contribution is 7.10. The Bertz CT molecular complexity index is 702. The maximum atomic E-state index is 4.39. The fraction of sp³-hybridized carbons (Fsp3) is 0.125. The third-order valence-corrected chi connectivity index (χ3v) is 4.08. The van der Waals surface area contributed by atoms with Crippen LogP contribution < -0.4 is 0 Å². The van der Waals surface area contributed by atoms with E-state index in [-0.39, 0.29) is 0 Å². The van der Waals surface area contributed by atoms with Crippen LogP contribution in [0.3, 0.4) is 0 Å². The van der Waals surface area contributed by atoms with E-state index >= 15 is 0 Å². The van der Waals surface area contributed by atoms with Crippen LogP contribution in [0.1, 0.15) is 10.4 Å². The van der Waals surface area contributed by atoms with Crippen molar-refractivity contribution in [2.75, 3.05) is 0 Å². The van der Waals surface area contributed by atoms with Crippen molar-refractivity contribution in [3.05, 3.63) is 58.7 Å². The van der Waals surface area contributed by atoms with Crippen LogP contribution in [0.25, 0.3) is 22.4 Å². The first-order chi connectivity index (χ1) is 9.25. The van der Waals surface area contributed by atoms with Crippen molar-refractivity contribution in [3.63, 3.8) is 0 Å². The fourth-order valence-corrected chi connectivity index (χ4v) is 2.95. The highest BCUT2D eigenvalue weighted by Gasteiger charge is 2.09. The van der Waals surface area contributed by atoms with Gasteiger partial charge in [-0.1, -0.05) is 18.2 Å². The van der Waals surface area contributed by atoms with Gasteiger partial charge < -0.3 is 0 Å². The molecule has 3 aromatic rings. The fourth-order valence-electron chi connectivity index (χ4n) is 2.25. The third kappa shape index (κ3) is 2.29. The van der Waals surface area contributed by atoms with E-state index in [1.54, 1.807) is 23.7 Å². The van der Waals surface area contributed by atoms with E-state index < -0.39 is 0 Å². The van der Waals surface area contributed by atoms with Crippen LogP contribution in [0.15, 0.2) is 48.2 Å². The Morgan fingerprint density at radius 1 is 1.05 bits per heavy atom. The highest BCUT2D eigenvalue weighted by atomic mass is 32.1. The minimum absolute atomic E-state index is 0.925. The van der Waals surface area contributed by atoms with Crippen LogP contribution in [-0.4, -0.2) is 9.97 Å². The zero-order chi connectivity index (χ0) is 13.2. The van der Waals surface area contributed by atoms with Crippen molar-refractivity contribution in [3.8, 4) is 22.4 Å². The molecule has 0 unspecified atom stereocenters. The molecule has 0 aliphatic heterocycles. The lowest BCUT2D eigenvalue weighted by Crippen LogP contribution is -1.90. The molecule has 2 nitrogen and oxygen atoms in total. The maximum Gasteiger partial charge on any atom is 0.0888 e. The topological polar surface area (TPSA) is 25.8 Å². The van der Waals surface area contributed by atoms with Gasteiger partial charge >= 0.3 is 0 Å². The molecule has 0 bridgehead atoms. The van der Waals surface area contributed by atoms with Gasteiger partial charge in [0.1, 0.15) is 0 Å². The van der Waals surface area contributed by atoms with E-state index in [9.17, 15) is 0 Å². The average Bonchev–Trinajstić information content (AvgIpc) is 2.86. The van der Waals surface area contributed by atoms with Gasteiger partial charge in [0.05, 0.1) is 11.9 Å². The number of aryl methyl sites for hydroxylation is 1. The summed E-state index contributed by atoms with van der Waals surface area (Å²) in [4.78, 5) is 9.87. The largest absolute Gasteiger partial charge is 0.261 e. The van der Waals surface area contributed by atoms with Crippen molar-refractivity contribution >= 4 is 11.3 Å². The minimum Gasteiger partial charge on any atom is -0.261 e. The van der Waals surface area contributed by atoms with E-state index in [2.05, 4.69) is 53.5 Å². The van der Waals surface area contributed by atoms with Crippen LogP contribution in [0, 0.1) is 13.8 Å². The molecule has 19 heavy (non-hydrogen) atoms. The van der Waals surface area contributed by atoms with Crippen molar-refractivity contribution in [2.24, 2.45) is 0 Å². The van der Waals surface area contributed by atoms with Gasteiger partial charge in [-0.3, -0.25) is 9.97 Å². The first-order valence-electron chi connectivity index (χ1n) is 6.17. The number of benzene rings is 1. The molecular weight excluding hydrogens is 252 g/mol.